The fourth-order valence-electron chi connectivity index (χ4n) is 2.52. The highest BCUT2D eigenvalue weighted by atomic mass is 15.5. The fraction of sp³-hybridized carbons (Fsp3) is 0.462. The lowest BCUT2D eigenvalue weighted by molar-refractivity contribution is 0.248. The molecule has 1 aliphatic heterocycles. The van der Waals surface area contributed by atoms with E-state index in [9.17, 15) is 0 Å². The number of hydrogen-bond acceptors (Lipinski definition) is 6. The molecule has 0 bridgehead atoms. The number of rotatable bonds is 3. The molecule has 20 heavy (non-hydrogen) atoms. The van der Waals surface area contributed by atoms with Crippen molar-refractivity contribution in [2.24, 2.45) is 7.05 Å². The third kappa shape index (κ3) is 2.72. The molecule has 0 unspecified atom stereocenters. The van der Waals surface area contributed by atoms with Gasteiger partial charge in [-0.15, -0.1) is 5.10 Å². The van der Waals surface area contributed by atoms with Crippen molar-refractivity contribution >= 4 is 11.9 Å². The van der Waals surface area contributed by atoms with Crippen LogP contribution >= 0.6 is 0 Å². The van der Waals surface area contributed by atoms with Gasteiger partial charge in [0.05, 0.1) is 0 Å². The Morgan fingerprint density at radius 1 is 1.15 bits per heavy atom. The second-order valence-corrected chi connectivity index (χ2v) is 5.01. The van der Waals surface area contributed by atoms with E-state index in [-0.39, 0.29) is 0 Å². The summed E-state index contributed by atoms with van der Waals surface area (Å²) in [6, 6.07) is 4.13. The summed E-state index contributed by atoms with van der Waals surface area (Å²) in [4.78, 5) is 13.0. The van der Waals surface area contributed by atoms with E-state index in [4.69, 9.17) is 5.73 Å². The van der Waals surface area contributed by atoms with Crippen molar-refractivity contribution in [2.75, 3.05) is 36.8 Å². The van der Waals surface area contributed by atoms with Gasteiger partial charge in [-0.25, -0.2) is 4.68 Å². The van der Waals surface area contributed by atoms with Crippen LogP contribution in [0.15, 0.2) is 24.5 Å². The molecule has 2 N–H and O–H groups in total. The van der Waals surface area contributed by atoms with Crippen LogP contribution in [0.3, 0.4) is 0 Å². The topological polar surface area (TPSA) is 76.1 Å². The summed E-state index contributed by atoms with van der Waals surface area (Å²) >= 11 is 0. The number of anilines is 2. The van der Waals surface area contributed by atoms with Crippen LogP contribution in [0.5, 0.6) is 0 Å². The van der Waals surface area contributed by atoms with Crippen LogP contribution < -0.4 is 10.6 Å². The molecule has 3 rings (SSSR count). The largest absolute Gasteiger partial charge is 0.366 e. The lowest BCUT2D eigenvalue weighted by Crippen LogP contribution is -2.46. The average Bonchev–Trinajstić information content (AvgIpc) is 2.80. The van der Waals surface area contributed by atoms with Gasteiger partial charge in [0.25, 0.3) is 0 Å². The molecule has 106 valence electrons. The summed E-state index contributed by atoms with van der Waals surface area (Å²) in [6.45, 7) is 4.87. The number of nitrogens with zero attached hydrogens (tertiary/aromatic N) is 6. The second kappa shape index (κ2) is 5.46. The molecule has 0 aliphatic carbocycles. The van der Waals surface area contributed by atoms with E-state index in [0.717, 1.165) is 38.7 Å². The molecule has 1 aliphatic rings. The minimum absolute atomic E-state index is 0.335. The van der Waals surface area contributed by atoms with Crippen molar-refractivity contribution in [1.29, 1.82) is 0 Å². The highest BCUT2D eigenvalue weighted by molar-refractivity contribution is 5.36. The molecule has 1 fully saturated rings. The van der Waals surface area contributed by atoms with Crippen molar-refractivity contribution in [2.45, 2.75) is 6.54 Å². The minimum atomic E-state index is 0.335. The summed E-state index contributed by atoms with van der Waals surface area (Å²) in [5.41, 5.74) is 6.93. The zero-order valence-corrected chi connectivity index (χ0v) is 11.6. The number of aromatic nitrogens is 4. The van der Waals surface area contributed by atoms with Crippen LogP contribution in [0.2, 0.25) is 0 Å². The van der Waals surface area contributed by atoms with Gasteiger partial charge in [0.1, 0.15) is 0 Å². The molecule has 0 spiro atoms. The molecule has 0 aromatic carbocycles. The zero-order chi connectivity index (χ0) is 13.9. The van der Waals surface area contributed by atoms with E-state index >= 15 is 0 Å². The Kier molecular flexibility index (Phi) is 3.51. The van der Waals surface area contributed by atoms with Gasteiger partial charge in [-0.2, -0.15) is 4.98 Å². The number of hydrogen-bond donors (Lipinski definition) is 1. The Morgan fingerprint density at radius 2 is 1.85 bits per heavy atom. The van der Waals surface area contributed by atoms with Gasteiger partial charge in [0.15, 0.2) is 0 Å². The lowest BCUT2D eigenvalue weighted by Gasteiger charge is -2.34. The van der Waals surface area contributed by atoms with Crippen LogP contribution in [0.25, 0.3) is 0 Å². The van der Waals surface area contributed by atoms with Gasteiger partial charge >= 0.3 is 0 Å². The van der Waals surface area contributed by atoms with Crippen LogP contribution in [-0.4, -0.2) is 50.8 Å². The smallest absolute Gasteiger partial charge is 0.241 e. The predicted octanol–water partition coefficient (Wildman–Crippen LogP) is 0.115. The van der Waals surface area contributed by atoms with Crippen molar-refractivity contribution < 1.29 is 0 Å². The maximum Gasteiger partial charge on any atom is 0.241 e. The van der Waals surface area contributed by atoms with Gasteiger partial charge < -0.3 is 10.6 Å². The molecule has 7 heteroatoms. The SMILES string of the molecule is Cn1nc(N)nc1N1CCN(Cc2ccncc2)CC1. The molecule has 0 radical (unpaired) electrons. The Morgan fingerprint density at radius 3 is 2.45 bits per heavy atom. The predicted molar refractivity (Wildman–Crippen MR) is 77.1 cm³/mol. The van der Waals surface area contributed by atoms with Crippen molar-refractivity contribution in [3.05, 3.63) is 30.1 Å². The molecule has 0 saturated carbocycles. The van der Waals surface area contributed by atoms with Gasteiger partial charge in [-0.05, 0) is 17.7 Å². The first kappa shape index (κ1) is 12.9. The minimum Gasteiger partial charge on any atom is -0.366 e. The van der Waals surface area contributed by atoms with E-state index in [1.807, 2.05) is 19.4 Å². The number of piperazine rings is 1. The van der Waals surface area contributed by atoms with Gasteiger partial charge in [0, 0.05) is 52.2 Å². The van der Waals surface area contributed by atoms with Gasteiger partial charge in [0.2, 0.25) is 11.9 Å². The summed E-state index contributed by atoms with van der Waals surface area (Å²) in [7, 11) is 1.88. The molecule has 1 saturated heterocycles. The molecule has 3 heterocycles. The van der Waals surface area contributed by atoms with Gasteiger partial charge in [-0.3, -0.25) is 9.88 Å². The maximum atomic E-state index is 5.63. The van der Waals surface area contributed by atoms with Crippen molar-refractivity contribution in [1.82, 2.24) is 24.6 Å². The van der Waals surface area contributed by atoms with E-state index < -0.39 is 0 Å². The molecule has 2 aromatic heterocycles. The van der Waals surface area contributed by atoms with Crippen LogP contribution in [-0.2, 0) is 13.6 Å². The van der Waals surface area contributed by atoms with Crippen LogP contribution in [0.4, 0.5) is 11.9 Å². The standard InChI is InChI=1S/C13H19N7/c1-18-13(16-12(14)17-18)20-8-6-19(7-9-20)10-11-2-4-15-5-3-11/h2-5H,6-10H2,1H3,(H2,14,17). The van der Waals surface area contributed by atoms with Crippen molar-refractivity contribution in [3.8, 4) is 0 Å². The molecular weight excluding hydrogens is 254 g/mol. The quantitative estimate of drug-likeness (QED) is 0.855. The van der Waals surface area contributed by atoms with E-state index in [1.165, 1.54) is 5.56 Å². The molecule has 0 atom stereocenters. The first-order valence-corrected chi connectivity index (χ1v) is 6.75. The molecule has 2 aromatic rings. The number of pyridine rings is 1. The highest BCUT2D eigenvalue weighted by Gasteiger charge is 2.20. The summed E-state index contributed by atoms with van der Waals surface area (Å²) in [5, 5.41) is 4.09. The number of aryl methyl sites for hydroxylation is 1. The molecule has 0 amide bonds. The van der Waals surface area contributed by atoms with E-state index in [0.29, 0.717) is 5.95 Å². The molecule has 7 nitrogen and oxygen atoms in total. The third-order valence-corrected chi connectivity index (χ3v) is 3.57. The summed E-state index contributed by atoms with van der Waals surface area (Å²) in [5.74, 6) is 1.19. The molecular formula is C13H19N7. The first-order chi connectivity index (χ1) is 9.72. The Bertz CT molecular complexity index is 557. The Hall–Kier alpha value is -2.15. The maximum absolute atomic E-state index is 5.63. The summed E-state index contributed by atoms with van der Waals surface area (Å²) < 4.78 is 1.74. The first-order valence-electron chi connectivity index (χ1n) is 6.75. The second-order valence-electron chi connectivity index (χ2n) is 5.01. The Labute approximate surface area is 118 Å². The van der Waals surface area contributed by atoms with Crippen molar-refractivity contribution in [3.63, 3.8) is 0 Å². The average molecular weight is 273 g/mol. The summed E-state index contributed by atoms with van der Waals surface area (Å²) in [6.07, 6.45) is 3.68. The van der Waals surface area contributed by atoms with Gasteiger partial charge in [-0.1, -0.05) is 0 Å². The number of nitrogen functional groups attached to an aromatic ring is 1. The van der Waals surface area contributed by atoms with Crippen LogP contribution in [0, 0.1) is 0 Å². The van der Waals surface area contributed by atoms with E-state index in [1.54, 1.807) is 4.68 Å². The normalized spacial score (nSPS) is 16.6. The van der Waals surface area contributed by atoms with Crippen LogP contribution in [0.1, 0.15) is 5.56 Å². The lowest BCUT2D eigenvalue weighted by atomic mass is 10.2. The van der Waals surface area contributed by atoms with E-state index in [2.05, 4.69) is 37.0 Å². The zero-order valence-electron chi connectivity index (χ0n) is 11.6. The Balaban J connectivity index is 1.58. The monoisotopic (exact) mass is 273 g/mol. The fourth-order valence-corrected chi connectivity index (χ4v) is 2.52. The highest BCUT2D eigenvalue weighted by Crippen LogP contribution is 2.15. The third-order valence-electron chi connectivity index (χ3n) is 3.57. The number of nitrogens with two attached hydrogens (primary N) is 1.